The number of benzene rings is 1. The first-order valence-electron chi connectivity index (χ1n) is 10.4. The van der Waals surface area contributed by atoms with Gasteiger partial charge in [0.25, 0.3) is 0 Å². The van der Waals surface area contributed by atoms with Gasteiger partial charge in [0, 0.05) is 35.9 Å². The Kier molecular flexibility index (Phi) is 5.23. The molecule has 29 heavy (non-hydrogen) atoms. The van der Waals surface area contributed by atoms with Crippen LogP contribution in [0.4, 0.5) is 0 Å². The van der Waals surface area contributed by atoms with Gasteiger partial charge in [0.2, 0.25) is 5.56 Å². The number of hydrogen-bond acceptors (Lipinski definition) is 2. The first-order valence-corrected chi connectivity index (χ1v) is 10.4. The van der Waals surface area contributed by atoms with E-state index in [0.29, 0.717) is 5.92 Å². The van der Waals surface area contributed by atoms with Gasteiger partial charge in [-0.2, -0.15) is 0 Å². The lowest BCUT2D eigenvalue weighted by molar-refractivity contribution is 0.413. The lowest BCUT2D eigenvalue weighted by Gasteiger charge is -2.45. The van der Waals surface area contributed by atoms with Crippen molar-refractivity contribution >= 4 is 12.3 Å². The van der Waals surface area contributed by atoms with Crippen molar-refractivity contribution in [1.29, 1.82) is 0 Å². The van der Waals surface area contributed by atoms with E-state index in [9.17, 15) is 4.79 Å². The van der Waals surface area contributed by atoms with E-state index in [0.717, 1.165) is 30.5 Å². The Labute approximate surface area is 172 Å². The number of aliphatic imine (C=N–C) groups is 1. The van der Waals surface area contributed by atoms with Crippen LogP contribution in [-0.2, 0) is 18.4 Å². The molecule has 4 rings (SSSR count). The number of hydrogen-bond donors (Lipinski definition) is 1. The minimum atomic E-state index is -0.426. The van der Waals surface area contributed by atoms with Crippen molar-refractivity contribution in [3.63, 3.8) is 0 Å². The zero-order valence-corrected chi connectivity index (χ0v) is 17.4. The summed E-state index contributed by atoms with van der Waals surface area (Å²) >= 11 is 0. The minimum Gasteiger partial charge on any atom is -0.326 e. The van der Waals surface area contributed by atoms with E-state index in [1.807, 2.05) is 18.4 Å². The maximum absolute atomic E-state index is 11.9. The standard InChI is InChI=1S/C26H28N2O/c1-4-19-9-6-7-10-20(19)11-8-14-27-26-17-18(3)15-21(22(26)5-2)16-24-23(26)12-13-25(29)28-24/h5-15,21H,4,16-17H2,1-3H3,(H,28,29)/b11-8+,22-5+,27-14+/t21-,26+/m0/s1. The number of fused-ring (bicyclic) bond motifs is 4. The van der Waals surface area contributed by atoms with Crippen LogP contribution in [0, 0.1) is 5.92 Å². The number of aromatic amines is 1. The quantitative estimate of drug-likeness (QED) is 0.558. The summed E-state index contributed by atoms with van der Waals surface area (Å²) in [6.45, 7) is 6.47. The zero-order valence-electron chi connectivity index (χ0n) is 17.4. The lowest BCUT2D eigenvalue weighted by atomic mass is 9.63. The summed E-state index contributed by atoms with van der Waals surface area (Å²) in [4.78, 5) is 20.1. The van der Waals surface area contributed by atoms with Gasteiger partial charge in [-0.05, 0) is 55.5 Å². The van der Waals surface area contributed by atoms with Gasteiger partial charge >= 0.3 is 0 Å². The largest absolute Gasteiger partial charge is 0.326 e. The number of H-pyrrole nitrogens is 1. The van der Waals surface area contributed by atoms with Gasteiger partial charge in [0.15, 0.2) is 0 Å². The Morgan fingerprint density at radius 1 is 1.24 bits per heavy atom. The molecule has 148 valence electrons. The summed E-state index contributed by atoms with van der Waals surface area (Å²) in [5, 5.41) is 0. The summed E-state index contributed by atoms with van der Waals surface area (Å²) in [6, 6.07) is 12.1. The Morgan fingerprint density at radius 3 is 2.86 bits per heavy atom. The normalized spacial score (nSPS) is 24.9. The highest BCUT2D eigenvalue weighted by molar-refractivity contribution is 5.80. The molecule has 2 aliphatic rings. The summed E-state index contributed by atoms with van der Waals surface area (Å²) in [6.07, 6.45) is 13.4. The zero-order chi connectivity index (χ0) is 20.4. The lowest BCUT2D eigenvalue weighted by Crippen LogP contribution is -2.40. The Morgan fingerprint density at radius 2 is 2.07 bits per heavy atom. The second kappa shape index (κ2) is 7.82. The van der Waals surface area contributed by atoms with E-state index in [1.54, 1.807) is 6.07 Å². The molecular formula is C26H28N2O. The van der Waals surface area contributed by atoms with Crippen molar-refractivity contribution in [3.8, 4) is 0 Å². The van der Waals surface area contributed by atoms with Gasteiger partial charge in [0.1, 0.15) is 5.54 Å². The number of pyridine rings is 1. The summed E-state index contributed by atoms with van der Waals surface area (Å²) in [5.41, 5.74) is 6.95. The molecule has 0 saturated carbocycles. The molecule has 0 aliphatic heterocycles. The Bertz CT molecular complexity index is 1100. The molecular weight excluding hydrogens is 356 g/mol. The van der Waals surface area contributed by atoms with Gasteiger partial charge < -0.3 is 4.98 Å². The summed E-state index contributed by atoms with van der Waals surface area (Å²) in [7, 11) is 0. The van der Waals surface area contributed by atoms with Crippen molar-refractivity contribution in [2.45, 2.75) is 45.6 Å². The van der Waals surface area contributed by atoms with Gasteiger partial charge in [-0.3, -0.25) is 9.79 Å². The number of allylic oxidation sites excluding steroid dienone is 3. The molecule has 2 atom stereocenters. The highest BCUT2D eigenvalue weighted by Crippen LogP contribution is 2.51. The molecule has 1 aromatic heterocycles. The molecule has 2 aliphatic carbocycles. The van der Waals surface area contributed by atoms with Crippen LogP contribution in [0.2, 0.25) is 0 Å². The SMILES string of the molecule is C/C=C1\[C@H]2C=C(C)C[C@]1(/N=C/C=C/c1ccccc1CC)c1ccc(=O)[nH]c1C2. The van der Waals surface area contributed by atoms with Crippen LogP contribution in [0.25, 0.3) is 6.08 Å². The fraction of sp³-hybridized carbons (Fsp3) is 0.308. The average molecular weight is 385 g/mol. The molecule has 0 amide bonds. The molecule has 0 unspecified atom stereocenters. The van der Waals surface area contributed by atoms with Crippen molar-refractivity contribution in [3.05, 3.63) is 98.5 Å². The maximum Gasteiger partial charge on any atom is 0.248 e. The second-order valence-corrected chi connectivity index (χ2v) is 8.01. The van der Waals surface area contributed by atoms with Gasteiger partial charge in [-0.15, -0.1) is 0 Å². The monoisotopic (exact) mass is 384 g/mol. The highest BCUT2D eigenvalue weighted by Gasteiger charge is 2.46. The third-order valence-corrected chi connectivity index (χ3v) is 6.17. The third kappa shape index (κ3) is 3.46. The number of rotatable bonds is 4. The van der Waals surface area contributed by atoms with Crippen molar-refractivity contribution in [2.24, 2.45) is 10.9 Å². The van der Waals surface area contributed by atoms with Crippen molar-refractivity contribution in [2.75, 3.05) is 0 Å². The molecule has 2 aromatic rings. The van der Waals surface area contributed by atoms with Crippen LogP contribution in [0.15, 0.2) is 75.6 Å². The molecule has 0 saturated heterocycles. The van der Waals surface area contributed by atoms with Crippen LogP contribution >= 0.6 is 0 Å². The molecule has 0 spiro atoms. The van der Waals surface area contributed by atoms with E-state index in [-0.39, 0.29) is 5.56 Å². The smallest absolute Gasteiger partial charge is 0.248 e. The van der Waals surface area contributed by atoms with Crippen LogP contribution in [0.5, 0.6) is 0 Å². The summed E-state index contributed by atoms with van der Waals surface area (Å²) < 4.78 is 0. The van der Waals surface area contributed by atoms with Gasteiger partial charge in [-0.1, -0.05) is 55.0 Å². The number of nitrogens with one attached hydrogen (secondary N) is 1. The predicted octanol–water partition coefficient (Wildman–Crippen LogP) is 5.39. The van der Waals surface area contributed by atoms with E-state index in [2.05, 4.69) is 68.2 Å². The third-order valence-electron chi connectivity index (χ3n) is 6.17. The maximum atomic E-state index is 11.9. The van der Waals surface area contributed by atoms with Gasteiger partial charge in [-0.25, -0.2) is 0 Å². The fourth-order valence-corrected chi connectivity index (χ4v) is 4.99. The first-order chi connectivity index (χ1) is 14.1. The predicted molar refractivity (Wildman–Crippen MR) is 121 cm³/mol. The van der Waals surface area contributed by atoms with Crippen LogP contribution in [-0.4, -0.2) is 11.2 Å². The topological polar surface area (TPSA) is 45.2 Å². The van der Waals surface area contributed by atoms with E-state index < -0.39 is 5.54 Å². The molecule has 3 heteroatoms. The van der Waals surface area contributed by atoms with Gasteiger partial charge in [0.05, 0.1) is 0 Å². The molecule has 1 aromatic carbocycles. The molecule has 2 bridgehead atoms. The molecule has 3 nitrogen and oxygen atoms in total. The summed E-state index contributed by atoms with van der Waals surface area (Å²) in [5.74, 6) is 0.293. The highest BCUT2D eigenvalue weighted by atomic mass is 16.1. The Balaban J connectivity index is 1.77. The first kappa shape index (κ1) is 19.4. The molecule has 1 N–H and O–H groups in total. The average Bonchev–Trinajstić information content (AvgIpc) is 2.70. The van der Waals surface area contributed by atoms with E-state index in [4.69, 9.17) is 4.99 Å². The van der Waals surface area contributed by atoms with Crippen molar-refractivity contribution in [1.82, 2.24) is 4.98 Å². The second-order valence-electron chi connectivity index (χ2n) is 8.01. The van der Waals surface area contributed by atoms with E-state index >= 15 is 0 Å². The number of nitrogens with zero attached hydrogens (tertiary/aromatic N) is 1. The van der Waals surface area contributed by atoms with Crippen LogP contribution in [0.3, 0.4) is 0 Å². The minimum absolute atomic E-state index is 0.0401. The van der Waals surface area contributed by atoms with E-state index in [1.165, 1.54) is 22.3 Å². The molecule has 0 fully saturated rings. The van der Waals surface area contributed by atoms with Crippen LogP contribution in [0.1, 0.15) is 49.6 Å². The number of aryl methyl sites for hydroxylation is 1. The molecule has 0 radical (unpaired) electrons. The fourth-order valence-electron chi connectivity index (χ4n) is 4.99. The Hall–Kier alpha value is -2.94. The van der Waals surface area contributed by atoms with Crippen molar-refractivity contribution < 1.29 is 0 Å². The van der Waals surface area contributed by atoms with Crippen LogP contribution < -0.4 is 5.56 Å². The number of aromatic nitrogens is 1. The molecule has 1 heterocycles.